The molecule has 0 bridgehead atoms. The van der Waals surface area contributed by atoms with Crippen molar-refractivity contribution >= 4 is 0 Å². The van der Waals surface area contributed by atoms with Gasteiger partial charge in [0.2, 0.25) is 0 Å². The lowest BCUT2D eigenvalue weighted by molar-refractivity contribution is 0.414. The summed E-state index contributed by atoms with van der Waals surface area (Å²) < 4.78 is 18.4. The summed E-state index contributed by atoms with van der Waals surface area (Å²) >= 11 is 0. The van der Waals surface area contributed by atoms with Gasteiger partial charge in [-0.05, 0) is 49.2 Å². The Hall–Kier alpha value is -1.87. The summed E-state index contributed by atoms with van der Waals surface area (Å²) in [6.07, 6.45) is 0. The third-order valence-electron chi connectivity index (χ3n) is 3.46. The van der Waals surface area contributed by atoms with Crippen molar-refractivity contribution < 1.29 is 9.13 Å². The third kappa shape index (κ3) is 3.58. The average molecular weight is 273 g/mol. The molecule has 2 aromatic rings. The maximum atomic E-state index is 13.2. The Morgan fingerprint density at radius 3 is 2.20 bits per heavy atom. The second-order valence-corrected chi connectivity index (χ2v) is 4.94. The van der Waals surface area contributed by atoms with Gasteiger partial charge in [0, 0.05) is 12.1 Å². The lowest BCUT2D eigenvalue weighted by Gasteiger charge is -2.21. The minimum Gasteiger partial charge on any atom is -0.497 e. The molecule has 0 saturated carbocycles. The zero-order valence-corrected chi connectivity index (χ0v) is 12.1. The van der Waals surface area contributed by atoms with Crippen LogP contribution in [0.5, 0.6) is 5.75 Å². The first-order valence-electron chi connectivity index (χ1n) is 6.75. The Balaban J connectivity index is 2.04. The van der Waals surface area contributed by atoms with Crippen LogP contribution in [0.1, 0.15) is 37.1 Å². The van der Waals surface area contributed by atoms with Gasteiger partial charge in [-0.3, -0.25) is 0 Å². The summed E-state index contributed by atoms with van der Waals surface area (Å²) in [4.78, 5) is 0. The summed E-state index contributed by atoms with van der Waals surface area (Å²) in [7, 11) is 1.66. The molecule has 0 amide bonds. The molecular weight excluding hydrogens is 253 g/mol. The summed E-state index contributed by atoms with van der Waals surface area (Å²) in [5.74, 6) is 0.646. The highest BCUT2D eigenvalue weighted by Gasteiger charge is 2.11. The molecule has 1 unspecified atom stereocenters. The number of halogens is 1. The van der Waals surface area contributed by atoms with Crippen molar-refractivity contribution in [1.82, 2.24) is 5.32 Å². The molecule has 1 N–H and O–H groups in total. The average Bonchev–Trinajstić information content (AvgIpc) is 2.47. The monoisotopic (exact) mass is 273 g/mol. The molecule has 2 atom stereocenters. The Morgan fingerprint density at radius 2 is 1.60 bits per heavy atom. The van der Waals surface area contributed by atoms with E-state index < -0.39 is 0 Å². The predicted molar refractivity (Wildman–Crippen MR) is 79.4 cm³/mol. The lowest BCUT2D eigenvalue weighted by Crippen LogP contribution is -2.22. The fourth-order valence-electron chi connectivity index (χ4n) is 2.24. The molecule has 20 heavy (non-hydrogen) atoms. The molecule has 0 aliphatic heterocycles. The van der Waals surface area contributed by atoms with Crippen molar-refractivity contribution in [2.24, 2.45) is 0 Å². The van der Waals surface area contributed by atoms with Gasteiger partial charge in [0.15, 0.2) is 0 Å². The van der Waals surface area contributed by atoms with Crippen molar-refractivity contribution in [3.63, 3.8) is 0 Å². The first-order chi connectivity index (χ1) is 9.60. The molecule has 2 nitrogen and oxygen atoms in total. The van der Waals surface area contributed by atoms with Crippen LogP contribution in [-0.2, 0) is 0 Å². The molecule has 0 aromatic heterocycles. The number of hydrogen-bond acceptors (Lipinski definition) is 2. The number of methoxy groups -OCH3 is 1. The first kappa shape index (κ1) is 14.5. The van der Waals surface area contributed by atoms with Gasteiger partial charge in [0.1, 0.15) is 11.6 Å². The van der Waals surface area contributed by atoms with E-state index in [0.717, 1.165) is 11.3 Å². The smallest absolute Gasteiger partial charge is 0.123 e. The number of rotatable bonds is 5. The first-order valence-corrected chi connectivity index (χ1v) is 6.75. The summed E-state index contributed by atoms with van der Waals surface area (Å²) in [6, 6.07) is 14.9. The van der Waals surface area contributed by atoms with Crippen LogP contribution in [0.25, 0.3) is 0 Å². The molecular formula is C17H20FNO. The van der Waals surface area contributed by atoms with Crippen LogP contribution in [0, 0.1) is 5.82 Å². The number of nitrogens with one attached hydrogen (secondary N) is 1. The summed E-state index contributed by atoms with van der Waals surface area (Å²) in [6.45, 7) is 4.13. The Labute approximate surface area is 119 Å². The van der Waals surface area contributed by atoms with Crippen molar-refractivity contribution in [2.45, 2.75) is 25.9 Å². The molecule has 2 aromatic carbocycles. The quantitative estimate of drug-likeness (QED) is 0.879. The molecule has 2 rings (SSSR count). The highest BCUT2D eigenvalue weighted by atomic mass is 19.1. The normalized spacial score (nSPS) is 13.8. The molecule has 0 heterocycles. The third-order valence-corrected chi connectivity index (χ3v) is 3.46. The van der Waals surface area contributed by atoms with Gasteiger partial charge in [0.25, 0.3) is 0 Å². The highest BCUT2D eigenvalue weighted by Crippen LogP contribution is 2.21. The van der Waals surface area contributed by atoms with Gasteiger partial charge in [-0.15, -0.1) is 0 Å². The molecule has 0 radical (unpaired) electrons. The standard InChI is InChI=1S/C17H20FNO/c1-12(14-7-9-17(20-3)10-8-14)19-13(2)15-5-4-6-16(18)11-15/h4-13,19H,1-3H3/t12?,13-/m1/s1. The van der Waals surface area contributed by atoms with Crippen LogP contribution in [0.4, 0.5) is 4.39 Å². The van der Waals surface area contributed by atoms with Crippen molar-refractivity contribution in [1.29, 1.82) is 0 Å². The maximum absolute atomic E-state index is 13.2. The summed E-state index contributed by atoms with van der Waals surface area (Å²) in [5, 5.41) is 3.47. The van der Waals surface area contributed by atoms with E-state index in [1.165, 1.54) is 11.6 Å². The molecule has 106 valence electrons. The van der Waals surface area contributed by atoms with Crippen LogP contribution >= 0.6 is 0 Å². The summed E-state index contributed by atoms with van der Waals surface area (Å²) in [5.41, 5.74) is 2.12. The number of ether oxygens (including phenoxy) is 1. The van der Waals surface area contributed by atoms with Gasteiger partial charge < -0.3 is 10.1 Å². The molecule has 0 aliphatic carbocycles. The van der Waals surface area contributed by atoms with Crippen molar-refractivity contribution in [3.8, 4) is 5.75 Å². The van der Waals surface area contributed by atoms with E-state index in [9.17, 15) is 4.39 Å². The second kappa shape index (κ2) is 6.53. The SMILES string of the molecule is COc1ccc(C(C)N[C@H](C)c2cccc(F)c2)cc1. The maximum Gasteiger partial charge on any atom is 0.123 e. The van der Waals surface area contributed by atoms with Crippen LogP contribution < -0.4 is 10.1 Å². The van der Waals surface area contributed by atoms with E-state index >= 15 is 0 Å². The van der Waals surface area contributed by atoms with E-state index in [0.29, 0.717) is 0 Å². The van der Waals surface area contributed by atoms with Gasteiger partial charge in [0.05, 0.1) is 7.11 Å². The van der Waals surface area contributed by atoms with Crippen LogP contribution in [-0.4, -0.2) is 7.11 Å². The fourth-order valence-corrected chi connectivity index (χ4v) is 2.24. The van der Waals surface area contributed by atoms with E-state index in [4.69, 9.17) is 4.74 Å². The molecule has 3 heteroatoms. The Bertz CT molecular complexity index is 553. The minimum absolute atomic E-state index is 0.0859. The minimum atomic E-state index is -0.201. The van der Waals surface area contributed by atoms with Gasteiger partial charge >= 0.3 is 0 Å². The van der Waals surface area contributed by atoms with E-state index in [1.54, 1.807) is 19.2 Å². The lowest BCUT2D eigenvalue weighted by atomic mass is 10.0. The van der Waals surface area contributed by atoms with Gasteiger partial charge in [-0.1, -0.05) is 24.3 Å². The van der Waals surface area contributed by atoms with E-state index in [-0.39, 0.29) is 17.9 Å². The molecule has 0 fully saturated rings. The predicted octanol–water partition coefficient (Wildman–Crippen LogP) is 4.25. The molecule has 0 saturated heterocycles. The van der Waals surface area contributed by atoms with Crippen LogP contribution in [0.15, 0.2) is 48.5 Å². The largest absolute Gasteiger partial charge is 0.497 e. The number of hydrogen-bond donors (Lipinski definition) is 1. The highest BCUT2D eigenvalue weighted by molar-refractivity contribution is 5.29. The second-order valence-electron chi connectivity index (χ2n) is 4.94. The molecule has 0 spiro atoms. The number of benzene rings is 2. The Morgan fingerprint density at radius 1 is 0.950 bits per heavy atom. The van der Waals surface area contributed by atoms with Gasteiger partial charge in [-0.25, -0.2) is 4.39 Å². The van der Waals surface area contributed by atoms with Crippen molar-refractivity contribution in [3.05, 3.63) is 65.5 Å². The topological polar surface area (TPSA) is 21.3 Å². The van der Waals surface area contributed by atoms with Gasteiger partial charge in [-0.2, -0.15) is 0 Å². The Kier molecular flexibility index (Phi) is 4.74. The van der Waals surface area contributed by atoms with Crippen molar-refractivity contribution in [2.75, 3.05) is 7.11 Å². The molecule has 0 aliphatic rings. The fraction of sp³-hybridized carbons (Fsp3) is 0.294. The van der Waals surface area contributed by atoms with Crippen LogP contribution in [0.2, 0.25) is 0 Å². The van der Waals surface area contributed by atoms with Crippen LogP contribution in [0.3, 0.4) is 0 Å². The van der Waals surface area contributed by atoms with E-state index in [1.807, 2.05) is 37.3 Å². The zero-order chi connectivity index (χ0) is 14.5. The zero-order valence-electron chi connectivity index (χ0n) is 12.1. The van der Waals surface area contributed by atoms with E-state index in [2.05, 4.69) is 12.2 Å².